The van der Waals surface area contributed by atoms with Crippen LogP contribution in [0.4, 0.5) is 17.1 Å². The Morgan fingerprint density at radius 1 is 0.713 bits per heavy atom. The monoisotopic (exact) mass is 1190 g/mol. The van der Waals surface area contributed by atoms with E-state index in [1.54, 1.807) is 0 Å². The molecule has 28 heteroatoms. The Kier molecular flexibility index (Phi) is 18.9. The second kappa shape index (κ2) is 25.3. The number of rotatable bonds is 29. The van der Waals surface area contributed by atoms with Gasteiger partial charge in [-0.05, 0) is 87.6 Å². The molecule has 9 rings (SSSR count). The number of nitrogens with zero attached hydrogens (tertiary/aromatic N) is 2. The van der Waals surface area contributed by atoms with Crippen molar-refractivity contribution in [3.63, 3.8) is 0 Å². The first-order valence-electron chi connectivity index (χ1n) is 27.1. The Balaban J connectivity index is 0.731. The number of hydrogen-bond acceptors (Lipinski definition) is 17. The van der Waals surface area contributed by atoms with Crippen LogP contribution in [-0.4, -0.2) is 144 Å². The molecule has 24 nitrogen and oxygen atoms in total. The number of sulfonamides is 1. The topological polar surface area (TPSA) is 349 Å². The lowest BCUT2D eigenvalue weighted by Crippen LogP contribution is -2.45. The highest BCUT2D eigenvalue weighted by atomic mass is 32.2. The van der Waals surface area contributed by atoms with E-state index in [0.717, 1.165) is 106 Å². The lowest BCUT2D eigenvalue weighted by molar-refractivity contribution is -0.121. The van der Waals surface area contributed by atoms with E-state index in [9.17, 15) is 44.9 Å². The average molecular weight is 1190 g/mol. The van der Waals surface area contributed by atoms with Gasteiger partial charge in [-0.15, -0.1) is 0 Å². The molecule has 5 heterocycles. The largest absolute Gasteiger partial charge is 0.744 e. The molecule has 0 atom stereocenters. The van der Waals surface area contributed by atoms with Crippen LogP contribution in [0.25, 0.3) is 5.57 Å². The minimum absolute atomic E-state index is 0.00564. The number of nitrogens with one attached hydrogen (secondary N) is 4. The van der Waals surface area contributed by atoms with Crippen LogP contribution in [0.3, 0.4) is 0 Å². The maximum Gasteiger partial charge on any atom is 0.340 e. The van der Waals surface area contributed by atoms with Gasteiger partial charge in [0.2, 0.25) is 21.3 Å². The molecule has 0 bridgehead atoms. The summed E-state index contributed by atoms with van der Waals surface area (Å²) in [6.45, 7) is 5.46. The van der Waals surface area contributed by atoms with Gasteiger partial charge in [0, 0.05) is 97.3 Å². The Bertz CT molecular complexity index is 3530. The first-order valence-corrected chi connectivity index (χ1v) is 33.3. The zero-order chi connectivity index (χ0) is 57.0. The van der Waals surface area contributed by atoms with Gasteiger partial charge in [0.05, 0.1) is 55.0 Å². The molecular weight excluding hydrogens is 1120 g/mol. The van der Waals surface area contributed by atoms with Crippen LogP contribution in [-0.2, 0) is 74.0 Å². The standard InChI is InChI=1S/C52H68N6O18P2S2/c59-42(14-15-43(77(62,63)64)78(65,66)67)53-18-24-73-26-28-75-29-27-74-25-19-55-46-45(49(60)50(46)61)54-16-2-1-3-17-56-79(68,69)35-12-13-36(41(32-35)80(70,71)72)44-39-30-33-8-4-20-57-22-6-10-37(47(33)57)51(39)76-52-38-11-7-23-58-21-5-9-34(48(38)58)31-40(44)52/h12-13,30-32,43,56H,1-11,14-29H2,(H7-,53,54,55,59,60,61,62,63,64,65,66,67,70,71,72). The van der Waals surface area contributed by atoms with Crippen molar-refractivity contribution in [1.29, 1.82) is 0 Å². The SMILES string of the molecule is O=C(CCC(P(=O)(O)O)P(=O)(O)O)NCCOCCOCCOCCNc1c(NCCCCCNS(=O)(=O)c2ccc(C3=c4cc5c6c(c4Oc4c3cc3c7c4CCCN7CCC3)CCC[N+]=6CCC5)c(S(=O)(=O)[O-])c2)c(=O)c1=O. The second-order valence-corrected chi connectivity index (χ2v) is 27.7. The molecule has 0 aromatic heterocycles. The Labute approximate surface area is 462 Å². The second-order valence-electron chi connectivity index (χ2n) is 20.6. The molecule has 80 heavy (non-hydrogen) atoms. The van der Waals surface area contributed by atoms with Gasteiger partial charge >= 0.3 is 15.2 Å². The van der Waals surface area contributed by atoms with Crippen molar-refractivity contribution < 1.29 is 73.8 Å². The number of hydrogen-bond donors (Lipinski definition) is 8. The van der Waals surface area contributed by atoms with Crippen molar-refractivity contribution >= 4 is 63.9 Å². The molecule has 1 amide bonds. The number of fused-ring (bicyclic) bond motifs is 4. The zero-order valence-electron chi connectivity index (χ0n) is 44.2. The third kappa shape index (κ3) is 13.4. The highest BCUT2D eigenvalue weighted by molar-refractivity contribution is 7.89. The minimum atomic E-state index is -5.23. The van der Waals surface area contributed by atoms with Crippen LogP contribution in [0.1, 0.15) is 91.2 Å². The van der Waals surface area contributed by atoms with E-state index < -0.39 is 75.2 Å². The Morgan fingerprint density at radius 2 is 1.32 bits per heavy atom. The molecule has 5 aliphatic heterocycles. The molecule has 8 N–H and O–H groups in total. The number of amides is 1. The molecule has 436 valence electrons. The quantitative estimate of drug-likeness (QED) is 0.0110. The zero-order valence-corrected chi connectivity index (χ0v) is 47.6. The fourth-order valence-corrected chi connectivity index (χ4v) is 15.9. The predicted octanol–water partition coefficient (Wildman–Crippen LogP) is 1.22. The highest BCUT2D eigenvalue weighted by Crippen LogP contribution is 2.61. The van der Waals surface area contributed by atoms with E-state index in [-0.39, 0.29) is 81.1 Å². The Morgan fingerprint density at radius 3 is 2.01 bits per heavy atom. The average Bonchev–Trinajstić information content (AvgIpc) is 3.40. The van der Waals surface area contributed by atoms with Crippen molar-refractivity contribution in [3.8, 4) is 11.5 Å². The summed E-state index contributed by atoms with van der Waals surface area (Å²) in [5.74, 6) is 0.691. The van der Waals surface area contributed by atoms with Crippen molar-refractivity contribution in [2.24, 2.45) is 0 Å². The van der Waals surface area contributed by atoms with E-state index >= 15 is 0 Å². The molecule has 0 saturated carbocycles. The van der Waals surface area contributed by atoms with Gasteiger partial charge in [0.1, 0.15) is 46.1 Å². The summed E-state index contributed by atoms with van der Waals surface area (Å²) in [5, 5.41) is 7.95. The van der Waals surface area contributed by atoms with Gasteiger partial charge in [0.15, 0.2) is 5.40 Å². The number of unbranched alkanes of at least 4 members (excludes halogenated alkanes) is 2. The summed E-state index contributed by atoms with van der Waals surface area (Å²) >= 11 is 0. The van der Waals surface area contributed by atoms with Crippen LogP contribution >= 0.6 is 15.2 Å². The fourth-order valence-electron chi connectivity index (χ4n) is 11.5. The third-order valence-electron chi connectivity index (χ3n) is 15.1. The smallest absolute Gasteiger partial charge is 0.340 e. The van der Waals surface area contributed by atoms with Crippen molar-refractivity contribution in [1.82, 2.24) is 14.6 Å². The summed E-state index contributed by atoms with van der Waals surface area (Å²) in [7, 11) is -19.7. The highest BCUT2D eigenvalue weighted by Gasteiger charge is 2.43. The molecule has 0 saturated heterocycles. The van der Waals surface area contributed by atoms with Gasteiger partial charge in [-0.2, -0.15) is 0 Å². The molecule has 0 unspecified atom stereocenters. The summed E-state index contributed by atoms with van der Waals surface area (Å²) < 4.78 is 119. The van der Waals surface area contributed by atoms with Crippen LogP contribution in [0.5, 0.6) is 11.5 Å². The van der Waals surface area contributed by atoms with E-state index in [2.05, 4.69) is 42.3 Å². The number of benzene rings is 3. The summed E-state index contributed by atoms with van der Waals surface area (Å²) in [6.07, 6.45) is 7.31. The molecule has 0 fully saturated rings. The lowest BCUT2D eigenvalue weighted by atomic mass is 9.82. The normalized spacial score (nSPS) is 16.0. The number of carbonyl (C=O) groups excluding carboxylic acids is 1. The first kappa shape index (κ1) is 59.7. The van der Waals surface area contributed by atoms with Gasteiger partial charge in [0.25, 0.3) is 10.9 Å². The van der Waals surface area contributed by atoms with Gasteiger partial charge in [-0.25, -0.2) is 26.1 Å². The summed E-state index contributed by atoms with van der Waals surface area (Å²) in [4.78, 5) is 74.6. The summed E-state index contributed by atoms with van der Waals surface area (Å²) in [6, 6.07) is 7.97. The molecule has 0 radical (unpaired) electrons. The van der Waals surface area contributed by atoms with Crippen molar-refractivity contribution in [2.45, 2.75) is 98.7 Å². The molecule has 4 aromatic carbocycles. The van der Waals surface area contributed by atoms with E-state index in [4.69, 9.17) is 38.5 Å². The number of aryl methyl sites for hydroxylation is 2. The minimum Gasteiger partial charge on any atom is -0.744 e. The van der Waals surface area contributed by atoms with Crippen molar-refractivity contribution in [2.75, 3.05) is 108 Å². The molecule has 0 aliphatic carbocycles. The maximum absolute atomic E-state index is 13.8. The molecular formula is C52H68N6O18P2S2. The van der Waals surface area contributed by atoms with Crippen molar-refractivity contribution in [3.05, 3.63) is 94.7 Å². The summed E-state index contributed by atoms with van der Waals surface area (Å²) in [5.41, 5.74) is 5.99. The maximum atomic E-state index is 13.8. The number of ether oxygens (including phenoxy) is 4. The van der Waals surface area contributed by atoms with E-state index in [0.29, 0.717) is 53.7 Å². The third-order valence-corrected chi connectivity index (χ3v) is 21.3. The van der Waals surface area contributed by atoms with Gasteiger partial charge in [-0.1, -0.05) is 12.5 Å². The van der Waals surface area contributed by atoms with Gasteiger partial charge < -0.3 is 63.9 Å². The van der Waals surface area contributed by atoms with Crippen LogP contribution in [0.2, 0.25) is 0 Å². The number of carbonyl (C=O) groups is 1. The fraction of sp³-hybridized carbons (Fsp3) is 0.538. The Hall–Kier alpha value is -4.92. The molecule has 4 aromatic rings. The van der Waals surface area contributed by atoms with Gasteiger partial charge in [-0.3, -0.25) is 23.5 Å². The van der Waals surface area contributed by atoms with Crippen LogP contribution < -0.4 is 56.3 Å². The predicted molar refractivity (Wildman–Crippen MR) is 295 cm³/mol. The van der Waals surface area contributed by atoms with E-state index in [1.165, 1.54) is 23.2 Å². The molecule has 5 aliphatic rings. The van der Waals surface area contributed by atoms with E-state index in [1.807, 2.05) is 0 Å². The first-order chi connectivity index (χ1) is 38.1. The van der Waals surface area contributed by atoms with Crippen LogP contribution in [0, 0.1) is 0 Å². The lowest BCUT2D eigenvalue weighted by Gasteiger charge is -2.39. The van der Waals surface area contributed by atoms with Crippen LogP contribution in [0.15, 0.2) is 49.7 Å². The number of anilines is 3. The molecule has 0 spiro atoms.